The van der Waals surface area contributed by atoms with Gasteiger partial charge >= 0.3 is 5.97 Å². The number of ether oxygens (including phenoxy) is 2. The van der Waals surface area contributed by atoms with Crippen molar-refractivity contribution in [2.75, 3.05) is 19.5 Å². The topological polar surface area (TPSA) is 64.2 Å². The third kappa shape index (κ3) is 3.89. The Morgan fingerprint density at radius 2 is 2.00 bits per heavy atom. The van der Waals surface area contributed by atoms with Crippen LogP contribution in [0.2, 0.25) is 0 Å². The van der Waals surface area contributed by atoms with Gasteiger partial charge in [0.1, 0.15) is 5.75 Å². The van der Waals surface area contributed by atoms with Crippen molar-refractivity contribution in [1.29, 1.82) is 0 Å². The Labute approximate surface area is 144 Å². The molecule has 0 spiro atoms. The number of fused-ring (bicyclic) bond motifs is 1. The maximum atomic E-state index is 11.4. The van der Waals surface area contributed by atoms with E-state index in [1.165, 1.54) is 12.7 Å². The lowest BCUT2D eigenvalue weighted by molar-refractivity contribution is 0.0600. The molecule has 0 fully saturated rings. The first-order chi connectivity index (χ1) is 11.7. The average molecular weight is 342 g/mol. The van der Waals surface area contributed by atoms with E-state index in [2.05, 4.69) is 33.8 Å². The molecule has 0 saturated heterocycles. The van der Waals surface area contributed by atoms with Crippen LogP contribution in [-0.2, 0) is 4.74 Å². The molecule has 24 heavy (non-hydrogen) atoms. The highest BCUT2D eigenvalue weighted by atomic mass is 32.2. The Morgan fingerprint density at radius 3 is 2.75 bits per heavy atom. The molecule has 0 unspecified atom stereocenters. The molecule has 1 N–H and O–H groups in total. The largest absolute Gasteiger partial charge is 0.493 e. The Balaban J connectivity index is 1.50. The molecule has 5 nitrogen and oxygen atoms in total. The maximum Gasteiger partial charge on any atom is 0.337 e. The fraction of sp³-hybridized carbons (Fsp3) is 0.222. The van der Waals surface area contributed by atoms with Gasteiger partial charge in [-0.3, -0.25) is 0 Å². The van der Waals surface area contributed by atoms with Gasteiger partial charge in [-0.2, -0.15) is 0 Å². The highest BCUT2D eigenvalue weighted by Crippen LogP contribution is 2.20. The quantitative estimate of drug-likeness (QED) is 0.419. The van der Waals surface area contributed by atoms with Crippen LogP contribution in [0.1, 0.15) is 15.9 Å². The molecule has 0 aliphatic rings. The molecule has 0 aliphatic heterocycles. The first-order valence-corrected chi connectivity index (χ1v) is 8.54. The third-order valence-electron chi connectivity index (χ3n) is 3.48. The van der Waals surface area contributed by atoms with Crippen LogP contribution in [0.25, 0.3) is 11.0 Å². The Bertz CT molecular complexity index is 843. The fourth-order valence-electron chi connectivity index (χ4n) is 2.27. The Kier molecular flexibility index (Phi) is 5.05. The summed E-state index contributed by atoms with van der Waals surface area (Å²) in [6, 6.07) is 13.1. The first-order valence-electron chi connectivity index (χ1n) is 7.56. The summed E-state index contributed by atoms with van der Waals surface area (Å²) in [6.45, 7) is 2.62. The zero-order valence-corrected chi connectivity index (χ0v) is 14.4. The van der Waals surface area contributed by atoms with E-state index in [-0.39, 0.29) is 5.97 Å². The van der Waals surface area contributed by atoms with Crippen molar-refractivity contribution in [2.24, 2.45) is 0 Å². The van der Waals surface area contributed by atoms with Crippen LogP contribution in [-0.4, -0.2) is 35.4 Å². The van der Waals surface area contributed by atoms with Crippen molar-refractivity contribution in [3.63, 3.8) is 0 Å². The number of hydrogen-bond donors (Lipinski definition) is 1. The van der Waals surface area contributed by atoms with Crippen molar-refractivity contribution in [2.45, 2.75) is 12.1 Å². The number of imidazole rings is 1. The maximum absolute atomic E-state index is 11.4. The number of esters is 1. The molecule has 0 saturated carbocycles. The lowest BCUT2D eigenvalue weighted by atomic mass is 10.2. The van der Waals surface area contributed by atoms with Crippen molar-refractivity contribution < 1.29 is 14.3 Å². The van der Waals surface area contributed by atoms with Crippen LogP contribution in [0.3, 0.4) is 0 Å². The number of thioether (sulfide) groups is 1. The molecule has 6 heteroatoms. The summed E-state index contributed by atoms with van der Waals surface area (Å²) in [5, 5.41) is 0.889. The van der Waals surface area contributed by atoms with Gasteiger partial charge in [-0.1, -0.05) is 17.8 Å². The number of carbonyl (C=O) groups excluding carboxylic acids is 1. The minimum absolute atomic E-state index is 0.350. The number of aryl methyl sites for hydroxylation is 1. The summed E-state index contributed by atoms with van der Waals surface area (Å²) < 4.78 is 10.3. The summed E-state index contributed by atoms with van der Waals surface area (Å²) in [6.07, 6.45) is 0. The molecular weight excluding hydrogens is 324 g/mol. The number of benzene rings is 2. The third-order valence-corrected chi connectivity index (χ3v) is 4.32. The molecule has 1 aromatic heterocycles. The molecule has 0 amide bonds. The zero-order chi connectivity index (χ0) is 16.9. The minimum atomic E-state index is -0.350. The van der Waals surface area contributed by atoms with Crippen molar-refractivity contribution in [3.8, 4) is 5.75 Å². The highest BCUT2D eigenvalue weighted by Gasteiger charge is 2.06. The number of methoxy groups -OCH3 is 1. The van der Waals surface area contributed by atoms with E-state index in [4.69, 9.17) is 4.74 Å². The fourth-order valence-corrected chi connectivity index (χ4v) is 2.98. The molecule has 0 bridgehead atoms. The van der Waals surface area contributed by atoms with Gasteiger partial charge in [0, 0.05) is 5.75 Å². The van der Waals surface area contributed by atoms with Gasteiger partial charge in [-0.25, -0.2) is 9.78 Å². The van der Waals surface area contributed by atoms with Crippen LogP contribution in [0.15, 0.2) is 47.6 Å². The van der Waals surface area contributed by atoms with Gasteiger partial charge in [0.2, 0.25) is 0 Å². The number of nitrogens with zero attached hydrogens (tertiary/aromatic N) is 1. The molecule has 0 atom stereocenters. The van der Waals surface area contributed by atoms with Gasteiger partial charge in [0.05, 0.1) is 30.3 Å². The van der Waals surface area contributed by atoms with Crippen LogP contribution < -0.4 is 4.74 Å². The highest BCUT2D eigenvalue weighted by molar-refractivity contribution is 7.99. The summed E-state index contributed by atoms with van der Waals surface area (Å²) in [5.74, 6) is 1.15. The van der Waals surface area contributed by atoms with Gasteiger partial charge in [0.25, 0.3) is 0 Å². The van der Waals surface area contributed by atoms with Crippen molar-refractivity contribution in [3.05, 3.63) is 53.6 Å². The molecule has 0 aliphatic carbocycles. The van der Waals surface area contributed by atoms with Gasteiger partial charge in [0.15, 0.2) is 5.16 Å². The van der Waals surface area contributed by atoms with E-state index >= 15 is 0 Å². The normalized spacial score (nSPS) is 10.8. The standard InChI is InChI=1S/C18H18N2O3S/c1-12-3-8-15-16(11-12)20-18(19-15)24-10-9-23-14-6-4-13(5-7-14)17(21)22-2/h3-8,11H,9-10H2,1-2H3,(H,19,20). The summed E-state index contributed by atoms with van der Waals surface area (Å²) in [4.78, 5) is 19.2. The summed E-state index contributed by atoms with van der Waals surface area (Å²) in [5.41, 5.74) is 3.75. The van der Waals surface area contributed by atoms with Gasteiger partial charge in [-0.15, -0.1) is 0 Å². The molecule has 2 aromatic carbocycles. The SMILES string of the molecule is COC(=O)c1ccc(OCCSc2nc3ccc(C)cc3[nH]2)cc1. The Hall–Kier alpha value is -2.47. The molecule has 124 valence electrons. The number of carbonyl (C=O) groups is 1. The summed E-state index contributed by atoms with van der Waals surface area (Å²) in [7, 11) is 1.36. The van der Waals surface area contributed by atoms with E-state index in [0.29, 0.717) is 12.2 Å². The lowest BCUT2D eigenvalue weighted by Gasteiger charge is -2.06. The molecule has 1 heterocycles. The predicted molar refractivity (Wildman–Crippen MR) is 94.8 cm³/mol. The van der Waals surface area contributed by atoms with Gasteiger partial charge < -0.3 is 14.5 Å². The van der Waals surface area contributed by atoms with E-state index in [0.717, 1.165) is 27.7 Å². The second-order valence-corrected chi connectivity index (χ2v) is 6.36. The Morgan fingerprint density at radius 1 is 1.21 bits per heavy atom. The molecule has 3 aromatic rings. The zero-order valence-electron chi connectivity index (χ0n) is 13.5. The number of nitrogens with one attached hydrogen (secondary N) is 1. The predicted octanol–water partition coefficient (Wildman–Crippen LogP) is 3.83. The van der Waals surface area contributed by atoms with Crippen LogP contribution >= 0.6 is 11.8 Å². The average Bonchev–Trinajstić information content (AvgIpc) is 3.00. The van der Waals surface area contributed by atoms with Crippen LogP contribution in [0.5, 0.6) is 5.75 Å². The van der Waals surface area contributed by atoms with E-state index in [1.54, 1.807) is 36.0 Å². The van der Waals surface area contributed by atoms with Crippen molar-refractivity contribution in [1.82, 2.24) is 9.97 Å². The first kappa shape index (κ1) is 16.4. The van der Waals surface area contributed by atoms with Gasteiger partial charge in [-0.05, 0) is 48.9 Å². The second kappa shape index (κ2) is 7.40. The molecular formula is C18H18N2O3S. The molecule has 3 rings (SSSR count). The van der Waals surface area contributed by atoms with E-state index in [9.17, 15) is 4.79 Å². The number of aromatic nitrogens is 2. The van der Waals surface area contributed by atoms with Crippen LogP contribution in [0, 0.1) is 6.92 Å². The minimum Gasteiger partial charge on any atom is -0.493 e. The van der Waals surface area contributed by atoms with Crippen molar-refractivity contribution >= 4 is 28.8 Å². The lowest BCUT2D eigenvalue weighted by Crippen LogP contribution is -2.02. The smallest absolute Gasteiger partial charge is 0.337 e. The van der Waals surface area contributed by atoms with Crippen LogP contribution in [0.4, 0.5) is 0 Å². The molecule has 0 radical (unpaired) electrons. The summed E-state index contributed by atoms with van der Waals surface area (Å²) >= 11 is 1.62. The monoisotopic (exact) mass is 342 g/mol. The number of aromatic amines is 1. The van der Waals surface area contributed by atoms with E-state index in [1.807, 2.05) is 6.07 Å². The van der Waals surface area contributed by atoms with E-state index < -0.39 is 0 Å². The number of hydrogen-bond acceptors (Lipinski definition) is 5. The number of rotatable bonds is 6. The number of H-pyrrole nitrogens is 1. The second-order valence-electron chi connectivity index (χ2n) is 5.28.